The van der Waals surface area contributed by atoms with Crippen LogP contribution < -0.4 is 5.32 Å². The molecule has 2 aromatic carbocycles. The van der Waals surface area contributed by atoms with Crippen LogP contribution in [0.2, 0.25) is 0 Å². The highest BCUT2D eigenvalue weighted by atomic mass is 16.5. The zero-order chi connectivity index (χ0) is 14.8. The van der Waals surface area contributed by atoms with Crippen molar-refractivity contribution in [3.05, 3.63) is 70.8 Å². The van der Waals surface area contributed by atoms with Crippen LogP contribution in [-0.4, -0.2) is 18.9 Å². The zero-order valence-corrected chi connectivity index (χ0v) is 11.6. The van der Waals surface area contributed by atoms with Crippen LogP contribution in [0, 0.1) is 0 Å². The van der Waals surface area contributed by atoms with Crippen LogP contribution in [0.4, 0.5) is 0 Å². The number of nitrogens with one attached hydrogen (secondary N) is 1. The second-order valence-electron chi connectivity index (χ2n) is 4.96. The number of carbonyl (C=O) groups excluding carboxylic acids is 2. The minimum atomic E-state index is -0.339. The van der Waals surface area contributed by atoms with Gasteiger partial charge in [0.1, 0.15) is 6.10 Å². The molecular formula is C17H15NO3. The number of esters is 1. The van der Waals surface area contributed by atoms with Crippen LogP contribution in [0.5, 0.6) is 0 Å². The van der Waals surface area contributed by atoms with E-state index in [4.69, 9.17) is 4.74 Å². The van der Waals surface area contributed by atoms with Crippen molar-refractivity contribution in [3.63, 3.8) is 0 Å². The maximum atomic E-state index is 12.1. The van der Waals surface area contributed by atoms with Gasteiger partial charge in [-0.1, -0.05) is 30.3 Å². The fraction of sp³-hybridized carbons (Fsp3) is 0.176. The Hall–Kier alpha value is -2.62. The van der Waals surface area contributed by atoms with E-state index >= 15 is 0 Å². The number of hydrogen-bond acceptors (Lipinski definition) is 3. The summed E-state index contributed by atoms with van der Waals surface area (Å²) in [5.74, 6) is -0.499. The molecule has 0 aliphatic carbocycles. The highest BCUT2D eigenvalue weighted by molar-refractivity contribution is 5.97. The van der Waals surface area contributed by atoms with Crippen molar-refractivity contribution in [1.29, 1.82) is 0 Å². The number of benzene rings is 2. The fourth-order valence-corrected chi connectivity index (χ4v) is 2.53. The minimum Gasteiger partial charge on any atom is -0.454 e. The summed E-state index contributed by atoms with van der Waals surface area (Å²) in [6.07, 6.45) is 0.279. The van der Waals surface area contributed by atoms with Gasteiger partial charge in [0.2, 0.25) is 0 Å². The SMILES string of the molecule is CNC(=O)c1ccc2c(c1)C[C@H](c1ccccc1)OC2=O. The fourth-order valence-electron chi connectivity index (χ4n) is 2.53. The molecule has 1 aliphatic heterocycles. The van der Waals surface area contributed by atoms with Gasteiger partial charge in [-0.15, -0.1) is 0 Å². The van der Waals surface area contributed by atoms with Crippen molar-refractivity contribution in [3.8, 4) is 0 Å². The van der Waals surface area contributed by atoms with Gasteiger partial charge in [0, 0.05) is 19.0 Å². The Morgan fingerprint density at radius 1 is 1.19 bits per heavy atom. The lowest BCUT2D eigenvalue weighted by Crippen LogP contribution is -2.23. The molecule has 0 saturated carbocycles. The van der Waals surface area contributed by atoms with E-state index in [-0.39, 0.29) is 18.0 Å². The van der Waals surface area contributed by atoms with Crippen molar-refractivity contribution in [1.82, 2.24) is 5.32 Å². The summed E-state index contributed by atoms with van der Waals surface area (Å²) < 4.78 is 5.49. The molecule has 1 N–H and O–H groups in total. The van der Waals surface area contributed by atoms with Crippen molar-refractivity contribution in [2.45, 2.75) is 12.5 Å². The normalized spacial score (nSPS) is 16.8. The summed E-state index contributed by atoms with van der Waals surface area (Å²) in [7, 11) is 1.59. The largest absolute Gasteiger partial charge is 0.454 e. The lowest BCUT2D eigenvalue weighted by atomic mass is 9.93. The van der Waals surface area contributed by atoms with E-state index < -0.39 is 0 Å². The lowest BCUT2D eigenvalue weighted by molar-refractivity contribution is 0.0252. The monoisotopic (exact) mass is 281 g/mol. The van der Waals surface area contributed by atoms with E-state index in [9.17, 15) is 9.59 Å². The molecule has 2 aromatic rings. The third-order valence-electron chi connectivity index (χ3n) is 3.64. The van der Waals surface area contributed by atoms with Crippen LogP contribution in [-0.2, 0) is 11.2 Å². The standard InChI is InChI=1S/C17H15NO3/c1-18-16(19)12-7-8-14-13(9-12)10-15(21-17(14)20)11-5-3-2-4-6-11/h2-9,15H,10H2,1H3,(H,18,19)/t15-/m1/s1. The van der Waals surface area contributed by atoms with E-state index in [1.165, 1.54) is 0 Å². The summed E-state index contributed by atoms with van der Waals surface area (Å²) in [5.41, 5.74) is 2.90. The molecule has 0 radical (unpaired) electrons. The maximum Gasteiger partial charge on any atom is 0.339 e. The summed E-state index contributed by atoms with van der Waals surface area (Å²) >= 11 is 0. The number of carbonyl (C=O) groups is 2. The molecule has 0 fully saturated rings. The molecule has 1 amide bonds. The molecule has 106 valence electrons. The highest BCUT2D eigenvalue weighted by Crippen LogP contribution is 2.30. The summed E-state index contributed by atoms with van der Waals surface area (Å²) in [6, 6.07) is 14.7. The van der Waals surface area contributed by atoms with E-state index in [0.29, 0.717) is 17.5 Å². The van der Waals surface area contributed by atoms with Crippen LogP contribution in [0.3, 0.4) is 0 Å². The smallest absolute Gasteiger partial charge is 0.339 e. The molecule has 1 aliphatic rings. The Bertz CT molecular complexity index is 694. The second kappa shape index (κ2) is 5.40. The average Bonchev–Trinajstić information content (AvgIpc) is 2.54. The Morgan fingerprint density at radius 2 is 1.95 bits per heavy atom. The molecule has 0 saturated heterocycles. The molecule has 3 rings (SSSR count). The second-order valence-corrected chi connectivity index (χ2v) is 4.96. The van der Waals surface area contributed by atoms with E-state index in [1.54, 1.807) is 25.2 Å². The number of cyclic esters (lactones) is 1. The van der Waals surface area contributed by atoms with E-state index in [1.807, 2.05) is 30.3 Å². The maximum absolute atomic E-state index is 12.1. The molecule has 0 bridgehead atoms. The Kier molecular flexibility index (Phi) is 3.44. The minimum absolute atomic E-state index is 0.159. The number of fused-ring (bicyclic) bond motifs is 1. The first-order chi connectivity index (χ1) is 10.2. The predicted molar refractivity (Wildman–Crippen MR) is 78.1 cm³/mol. The Morgan fingerprint density at radius 3 is 2.67 bits per heavy atom. The molecule has 4 nitrogen and oxygen atoms in total. The number of ether oxygens (including phenoxy) is 1. The molecule has 0 aromatic heterocycles. The molecule has 4 heteroatoms. The summed E-state index contributed by atoms with van der Waals surface area (Å²) in [6.45, 7) is 0. The van der Waals surface area contributed by atoms with Crippen molar-refractivity contribution in [2.75, 3.05) is 7.05 Å². The van der Waals surface area contributed by atoms with Gasteiger partial charge in [-0.3, -0.25) is 4.79 Å². The van der Waals surface area contributed by atoms with Crippen LogP contribution in [0.25, 0.3) is 0 Å². The Labute approximate surface area is 122 Å². The van der Waals surface area contributed by atoms with Crippen molar-refractivity contribution < 1.29 is 14.3 Å². The van der Waals surface area contributed by atoms with Crippen LogP contribution >= 0.6 is 0 Å². The number of hydrogen-bond donors (Lipinski definition) is 1. The first kappa shape index (κ1) is 13.4. The third kappa shape index (κ3) is 2.52. The van der Waals surface area contributed by atoms with Crippen molar-refractivity contribution >= 4 is 11.9 Å². The first-order valence-electron chi connectivity index (χ1n) is 6.80. The molecule has 1 atom stereocenters. The van der Waals surface area contributed by atoms with E-state index in [0.717, 1.165) is 11.1 Å². The summed E-state index contributed by atoms with van der Waals surface area (Å²) in [4.78, 5) is 23.8. The highest BCUT2D eigenvalue weighted by Gasteiger charge is 2.27. The van der Waals surface area contributed by atoms with E-state index in [2.05, 4.69) is 5.32 Å². The number of rotatable bonds is 2. The molecule has 1 heterocycles. The quantitative estimate of drug-likeness (QED) is 0.860. The molecular weight excluding hydrogens is 266 g/mol. The van der Waals surface area contributed by atoms with Gasteiger partial charge in [0.15, 0.2) is 0 Å². The first-order valence-corrected chi connectivity index (χ1v) is 6.80. The van der Waals surface area contributed by atoms with Crippen LogP contribution in [0.1, 0.15) is 37.9 Å². The Balaban J connectivity index is 1.96. The lowest BCUT2D eigenvalue weighted by Gasteiger charge is -2.25. The van der Waals surface area contributed by atoms with Gasteiger partial charge in [-0.25, -0.2) is 4.79 Å². The van der Waals surface area contributed by atoms with Crippen LogP contribution in [0.15, 0.2) is 48.5 Å². The average molecular weight is 281 g/mol. The zero-order valence-electron chi connectivity index (χ0n) is 11.6. The number of amides is 1. The third-order valence-corrected chi connectivity index (χ3v) is 3.64. The molecule has 0 unspecified atom stereocenters. The topological polar surface area (TPSA) is 55.4 Å². The molecule has 0 spiro atoms. The summed E-state index contributed by atoms with van der Waals surface area (Å²) in [5, 5.41) is 2.59. The van der Waals surface area contributed by atoms with Gasteiger partial charge in [0.05, 0.1) is 5.56 Å². The van der Waals surface area contributed by atoms with Gasteiger partial charge < -0.3 is 10.1 Å². The van der Waals surface area contributed by atoms with Gasteiger partial charge >= 0.3 is 5.97 Å². The predicted octanol–water partition coefficient (Wildman–Crippen LogP) is 2.50. The van der Waals surface area contributed by atoms with Gasteiger partial charge in [-0.05, 0) is 29.3 Å². The van der Waals surface area contributed by atoms with Gasteiger partial charge in [0.25, 0.3) is 5.91 Å². The molecule has 21 heavy (non-hydrogen) atoms. The van der Waals surface area contributed by atoms with Gasteiger partial charge in [-0.2, -0.15) is 0 Å². The van der Waals surface area contributed by atoms with Crippen molar-refractivity contribution in [2.24, 2.45) is 0 Å².